The summed E-state index contributed by atoms with van der Waals surface area (Å²) in [4.78, 5) is 70.2. The Morgan fingerprint density at radius 1 is 1.13 bits per heavy atom. The Bertz CT molecular complexity index is 1480. The molecule has 10 nitrogen and oxygen atoms in total. The molecule has 2 aromatic carbocycles. The molecule has 2 unspecified atom stereocenters. The summed E-state index contributed by atoms with van der Waals surface area (Å²) in [5, 5.41) is 24.2. The van der Waals surface area contributed by atoms with Crippen LogP contribution in [0.3, 0.4) is 0 Å². The lowest BCUT2D eigenvalue weighted by atomic mass is 9.52. The normalized spacial score (nSPS) is 32.6. The topological polar surface area (TPSA) is 158 Å². The molecule has 10 heteroatoms. The van der Waals surface area contributed by atoms with Gasteiger partial charge in [0.05, 0.1) is 17.5 Å². The zero-order valence-electron chi connectivity index (χ0n) is 21.8. The molecule has 0 radical (unpaired) electrons. The summed E-state index contributed by atoms with van der Waals surface area (Å²) >= 11 is 0. The monoisotopic (exact) mass is 533 g/mol. The van der Waals surface area contributed by atoms with Crippen LogP contribution in [0.4, 0.5) is 0 Å². The number of rotatable bonds is 4. The van der Waals surface area contributed by atoms with Gasteiger partial charge in [-0.2, -0.15) is 0 Å². The number of nitrogens with zero attached hydrogens (tertiary/aromatic N) is 2. The number of aliphatic hydroxyl groups is 1. The van der Waals surface area contributed by atoms with E-state index in [9.17, 15) is 34.2 Å². The molecule has 1 amide bonds. The van der Waals surface area contributed by atoms with Gasteiger partial charge in [-0.15, -0.1) is 0 Å². The first-order valence-electron chi connectivity index (χ1n) is 13.3. The lowest BCUT2D eigenvalue weighted by Gasteiger charge is -2.52. The van der Waals surface area contributed by atoms with E-state index in [4.69, 9.17) is 5.73 Å². The summed E-state index contributed by atoms with van der Waals surface area (Å²) in [6, 6.07) is 6.50. The molecule has 4 aliphatic rings. The third-order valence-electron chi connectivity index (χ3n) is 9.28. The summed E-state index contributed by atoms with van der Waals surface area (Å²) in [6.07, 6.45) is 1.44. The molecule has 6 rings (SSSR count). The van der Waals surface area contributed by atoms with Crippen molar-refractivity contribution in [1.82, 2.24) is 9.80 Å². The minimum Gasteiger partial charge on any atom is -0.507 e. The van der Waals surface area contributed by atoms with E-state index in [0.717, 1.165) is 37.0 Å². The number of ketones is 4. The highest BCUT2D eigenvalue weighted by molar-refractivity contribution is 6.32. The van der Waals surface area contributed by atoms with Crippen molar-refractivity contribution in [2.45, 2.75) is 37.5 Å². The van der Waals surface area contributed by atoms with E-state index < -0.39 is 64.4 Å². The van der Waals surface area contributed by atoms with Crippen LogP contribution in [0.5, 0.6) is 5.75 Å². The van der Waals surface area contributed by atoms with Crippen molar-refractivity contribution in [3.63, 3.8) is 0 Å². The van der Waals surface area contributed by atoms with Gasteiger partial charge >= 0.3 is 0 Å². The lowest BCUT2D eigenvalue weighted by molar-refractivity contribution is -0.181. The summed E-state index contributed by atoms with van der Waals surface area (Å²) in [5.41, 5.74) is 4.25. The van der Waals surface area contributed by atoms with E-state index in [1.807, 2.05) is 24.3 Å². The molecule has 6 atom stereocenters. The summed E-state index contributed by atoms with van der Waals surface area (Å²) in [7, 11) is 3.13. The number of amides is 1. The molecule has 1 saturated heterocycles. The Kier molecular flexibility index (Phi) is 5.80. The van der Waals surface area contributed by atoms with Crippen molar-refractivity contribution in [2.75, 3.05) is 27.2 Å². The Morgan fingerprint density at radius 2 is 1.85 bits per heavy atom. The first-order valence-corrected chi connectivity index (χ1v) is 13.3. The number of phenols is 1. The fourth-order valence-electron chi connectivity index (χ4n) is 7.32. The van der Waals surface area contributed by atoms with Crippen LogP contribution in [-0.4, -0.2) is 87.9 Å². The molecule has 2 aromatic rings. The van der Waals surface area contributed by atoms with Gasteiger partial charge in [-0.3, -0.25) is 33.8 Å². The van der Waals surface area contributed by atoms with Gasteiger partial charge in [0.2, 0.25) is 5.91 Å². The second kappa shape index (κ2) is 8.77. The van der Waals surface area contributed by atoms with Gasteiger partial charge in [0.15, 0.2) is 34.7 Å². The first kappa shape index (κ1) is 25.8. The number of nitrogens with two attached hydrogens (primary N) is 1. The molecular weight excluding hydrogens is 502 g/mol. The van der Waals surface area contributed by atoms with Crippen LogP contribution in [0.15, 0.2) is 24.3 Å². The second-order valence-corrected chi connectivity index (χ2v) is 11.7. The standard InChI is InChI=1S/C29H31N3O7/c1-31(2)22-18-11-16-10-15-9-14-5-4-13(12-32-6-3-7-32)8-17(14)23(33)19(15)24(34)20(16)26(36)29(18,39)27(37)21(25(22)35)28(30)38/h4-5,8-9,16,18,20-22,33,39H,3,6-7,10-12H2,1-2H3,(H2,30,38)/t16-,18-,20?,21?,22-,29-/m0/s1. The van der Waals surface area contributed by atoms with Crippen molar-refractivity contribution in [3.8, 4) is 5.75 Å². The zero-order chi connectivity index (χ0) is 28.0. The number of hydrogen-bond donors (Lipinski definition) is 3. The molecule has 1 aliphatic heterocycles. The number of carbonyl (C=O) groups excluding carboxylic acids is 5. The Hall–Kier alpha value is -3.47. The summed E-state index contributed by atoms with van der Waals surface area (Å²) in [5.74, 6) is -10.2. The third-order valence-corrected chi connectivity index (χ3v) is 9.28. The fourth-order valence-corrected chi connectivity index (χ4v) is 7.32. The average Bonchev–Trinajstić information content (AvgIpc) is 2.83. The number of benzene rings is 2. The van der Waals surface area contributed by atoms with Gasteiger partial charge < -0.3 is 15.9 Å². The molecule has 0 bridgehead atoms. The van der Waals surface area contributed by atoms with E-state index >= 15 is 0 Å². The number of likely N-dealkylation sites (N-methyl/N-ethyl adjacent to an activating group) is 1. The smallest absolute Gasteiger partial charge is 0.235 e. The highest BCUT2D eigenvalue weighted by Gasteiger charge is 2.69. The van der Waals surface area contributed by atoms with Crippen LogP contribution >= 0.6 is 0 Å². The number of Topliss-reactive ketones (excluding diaryl/α,β-unsaturated/α-hetero) is 4. The summed E-state index contributed by atoms with van der Waals surface area (Å²) in [6.45, 7) is 2.75. The van der Waals surface area contributed by atoms with Crippen LogP contribution in [0.2, 0.25) is 0 Å². The first-order chi connectivity index (χ1) is 18.4. The van der Waals surface area contributed by atoms with Crippen LogP contribution in [0.1, 0.15) is 34.3 Å². The van der Waals surface area contributed by atoms with Crippen molar-refractivity contribution >= 4 is 39.8 Å². The molecule has 1 heterocycles. The van der Waals surface area contributed by atoms with Crippen molar-refractivity contribution in [2.24, 2.45) is 29.4 Å². The Balaban J connectivity index is 1.44. The maximum Gasteiger partial charge on any atom is 0.235 e. The minimum atomic E-state index is -2.71. The van der Waals surface area contributed by atoms with E-state index in [0.29, 0.717) is 10.9 Å². The number of phenolic OH excluding ortho intramolecular Hbond substituents is 1. The van der Waals surface area contributed by atoms with Gasteiger partial charge in [0, 0.05) is 17.8 Å². The van der Waals surface area contributed by atoms with E-state index in [1.54, 1.807) is 14.1 Å². The molecule has 3 fully saturated rings. The number of carbonyl (C=O) groups is 5. The molecule has 0 aromatic heterocycles. The SMILES string of the molecule is CN(C)[C@@H]1C(=O)C(C(N)=O)C(=O)[C@@]2(O)C(=O)C3C(=O)c4c(cc5ccc(CN6CCC6)cc5c4O)C[C@H]3C[C@@H]12. The van der Waals surface area contributed by atoms with Crippen molar-refractivity contribution in [3.05, 3.63) is 41.0 Å². The molecular formula is C29H31N3O7. The highest BCUT2D eigenvalue weighted by Crippen LogP contribution is 2.51. The molecule has 0 spiro atoms. The quantitative estimate of drug-likeness (QED) is 0.468. The number of aromatic hydroxyl groups is 1. The van der Waals surface area contributed by atoms with Crippen LogP contribution in [-0.2, 0) is 32.1 Å². The Labute approximate surface area is 224 Å². The summed E-state index contributed by atoms with van der Waals surface area (Å²) < 4.78 is 0. The molecule has 4 N–H and O–H groups in total. The Morgan fingerprint density at radius 3 is 2.46 bits per heavy atom. The van der Waals surface area contributed by atoms with Crippen LogP contribution in [0, 0.1) is 23.7 Å². The maximum atomic E-state index is 13.9. The van der Waals surface area contributed by atoms with E-state index in [2.05, 4.69) is 4.90 Å². The highest BCUT2D eigenvalue weighted by atomic mass is 16.3. The van der Waals surface area contributed by atoms with E-state index in [1.165, 1.54) is 4.90 Å². The second-order valence-electron chi connectivity index (χ2n) is 11.7. The molecule has 2 saturated carbocycles. The fraction of sp³-hybridized carbons (Fsp3) is 0.483. The van der Waals surface area contributed by atoms with Crippen LogP contribution in [0.25, 0.3) is 10.8 Å². The number of primary amides is 1. The molecule has 204 valence electrons. The average molecular weight is 534 g/mol. The van der Waals surface area contributed by atoms with Crippen molar-refractivity contribution < 1.29 is 34.2 Å². The number of likely N-dealkylation sites (tertiary alicyclic amines) is 1. The third kappa shape index (κ3) is 3.54. The lowest BCUT2D eigenvalue weighted by Crippen LogP contribution is -2.74. The van der Waals surface area contributed by atoms with Gasteiger partial charge in [-0.25, -0.2) is 0 Å². The largest absolute Gasteiger partial charge is 0.507 e. The van der Waals surface area contributed by atoms with Gasteiger partial charge in [-0.1, -0.05) is 18.2 Å². The molecule has 39 heavy (non-hydrogen) atoms. The maximum absolute atomic E-state index is 13.9. The minimum absolute atomic E-state index is 0.0233. The zero-order valence-corrected chi connectivity index (χ0v) is 21.8. The van der Waals surface area contributed by atoms with Gasteiger partial charge in [0.25, 0.3) is 0 Å². The molecule has 3 aliphatic carbocycles. The van der Waals surface area contributed by atoms with Crippen LogP contribution < -0.4 is 5.73 Å². The number of fused-ring (bicyclic) bond motifs is 4. The van der Waals surface area contributed by atoms with Gasteiger partial charge in [0.1, 0.15) is 5.75 Å². The predicted octanol–water partition coefficient (Wildman–Crippen LogP) is 0.226. The van der Waals surface area contributed by atoms with Crippen molar-refractivity contribution in [1.29, 1.82) is 0 Å². The predicted molar refractivity (Wildman–Crippen MR) is 139 cm³/mol. The van der Waals surface area contributed by atoms with Gasteiger partial charge in [-0.05, 0) is 74.9 Å². The van der Waals surface area contributed by atoms with E-state index in [-0.39, 0.29) is 24.2 Å². The number of hydrogen-bond acceptors (Lipinski definition) is 9.